The van der Waals surface area contributed by atoms with E-state index >= 15 is 0 Å². The number of anilines is 1. The van der Waals surface area contributed by atoms with Crippen LogP contribution in [0.4, 0.5) is 10.5 Å². The van der Waals surface area contributed by atoms with Crippen molar-refractivity contribution in [3.63, 3.8) is 0 Å². The summed E-state index contributed by atoms with van der Waals surface area (Å²) < 4.78 is 0. The topological polar surface area (TPSA) is 61.4 Å². The lowest BCUT2D eigenvalue weighted by molar-refractivity contribution is -0.126. The summed E-state index contributed by atoms with van der Waals surface area (Å²) in [6.45, 7) is 8.65. The SMILES string of the molecule is CCC(C)(C)NC(=O)[C@@H]1CCCN1C(=O)Nc1ccc(C)cc1. The molecule has 1 saturated heterocycles. The fourth-order valence-corrected chi connectivity index (χ4v) is 2.62. The van der Waals surface area contributed by atoms with Crippen molar-refractivity contribution < 1.29 is 9.59 Å². The third-order valence-electron chi connectivity index (χ3n) is 4.46. The zero-order valence-corrected chi connectivity index (χ0v) is 14.5. The van der Waals surface area contributed by atoms with Crippen molar-refractivity contribution in [2.45, 2.75) is 58.5 Å². The maximum atomic E-state index is 12.5. The first-order valence-electron chi connectivity index (χ1n) is 8.29. The molecule has 1 aromatic carbocycles. The monoisotopic (exact) mass is 317 g/mol. The van der Waals surface area contributed by atoms with Crippen molar-refractivity contribution in [1.29, 1.82) is 0 Å². The second-order valence-electron chi connectivity index (χ2n) is 6.87. The smallest absolute Gasteiger partial charge is 0.322 e. The second kappa shape index (κ2) is 7.02. The Kier molecular flexibility index (Phi) is 5.29. The van der Waals surface area contributed by atoms with E-state index in [9.17, 15) is 9.59 Å². The van der Waals surface area contributed by atoms with Gasteiger partial charge in [0.25, 0.3) is 0 Å². The highest BCUT2D eigenvalue weighted by atomic mass is 16.2. The van der Waals surface area contributed by atoms with E-state index in [1.807, 2.05) is 52.0 Å². The minimum absolute atomic E-state index is 0.0617. The summed E-state index contributed by atoms with van der Waals surface area (Å²) in [6, 6.07) is 7.06. The van der Waals surface area contributed by atoms with Gasteiger partial charge in [0.15, 0.2) is 0 Å². The van der Waals surface area contributed by atoms with Crippen LogP contribution in [0.25, 0.3) is 0 Å². The lowest BCUT2D eigenvalue weighted by Crippen LogP contribution is -2.53. The molecule has 0 aromatic heterocycles. The molecule has 0 aliphatic carbocycles. The molecule has 2 rings (SSSR count). The molecule has 0 bridgehead atoms. The van der Waals surface area contributed by atoms with Crippen molar-refractivity contribution in [1.82, 2.24) is 10.2 Å². The number of carbonyl (C=O) groups excluding carboxylic acids is 2. The van der Waals surface area contributed by atoms with Crippen LogP contribution in [-0.4, -0.2) is 35.0 Å². The summed E-state index contributed by atoms with van der Waals surface area (Å²) in [7, 11) is 0. The molecule has 3 amide bonds. The fraction of sp³-hybridized carbons (Fsp3) is 0.556. The first-order valence-corrected chi connectivity index (χ1v) is 8.29. The Labute approximate surface area is 138 Å². The van der Waals surface area contributed by atoms with Crippen molar-refractivity contribution >= 4 is 17.6 Å². The maximum absolute atomic E-state index is 12.5. The van der Waals surface area contributed by atoms with Crippen LogP contribution in [0.2, 0.25) is 0 Å². The predicted octanol–water partition coefficient (Wildman–Crippen LogP) is 3.30. The molecular weight excluding hydrogens is 290 g/mol. The van der Waals surface area contributed by atoms with Crippen LogP contribution in [0, 0.1) is 6.92 Å². The standard InChI is InChI=1S/C18H27N3O2/c1-5-18(3,4)20-16(22)15-7-6-12-21(15)17(23)19-14-10-8-13(2)9-11-14/h8-11,15H,5-7,12H2,1-4H3,(H,19,23)(H,20,22)/t15-/m0/s1. The van der Waals surface area contributed by atoms with Gasteiger partial charge in [0.05, 0.1) is 0 Å². The van der Waals surface area contributed by atoms with Crippen LogP contribution in [0.3, 0.4) is 0 Å². The maximum Gasteiger partial charge on any atom is 0.322 e. The van der Waals surface area contributed by atoms with E-state index in [1.54, 1.807) is 4.90 Å². The number of amides is 3. The zero-order valence-electron chi connectivity index (χ0n) is 14.5. The van der Waals surface area contributed by atoms with E-state index in [2.05, 4.69) is 10.6 Å². The fourth-order valence-electron chi connectivity index (χ4n) is 2.62. The molecule has 5 nitrogen and oxygen atoms in total. The molecule has 0 unspecified atom stereocenters. The molecule has 1 atom stereocenters. The molecule has 0 spiro atoms. The van der Waals surface area contributed by atoms with Gasteiger partial charge >= 0.3 is 6.03 Å². The summed E-state index contributed by atoms with van der Waals surface area (Å²) in [4.78, 5) is 26.6. The zero-order chi connectivity index (χ0) is 17.0. The van der Waals surface area contributed by atoms with Gasteiger partial charge in [-0.3, -0.25) is 4.79 Å². The van der Waals surface area contributed by atoms with Crippen molar-refractivity contribution in [3.8, 4) is 0 Å². The van der Waals surface area contributed by atoms with Gasteiger partial charge in [0.2, 0.25) is 5.91 Å². The van der Waals surface area contributed by atoms with E-state index in [0.717, 1.165) is 24.1 Å². The van der Waals surface area contributed by atoms with Crippen molar-refractivity contribution in [3.05, 3.63) is 29.8 Å². The van der Waals surface area contributed by atoms with Gasteiger partial charge in [-0.25, -0.2) is 4.79 Å². The molecule has 0 saturated carbocycles. The molecule has 2 N–H and O–H groups in total. The van der Waals surface area contributed by atoms with Gasteiger partial charge in [-0.05, 0) is 52.2 Å². The Balaban J connectivity index is 2.01. The molecule has 23 heavy (non-hydrogen) atoms. The first-order chi connectivity index (χ1) is 10.8. The van der Waals surface area contributed by atoms with Gasteiger partial charge in [0.1, 0.15) is 6.04 Å². The number of urea groups is 1. The van der Waals surface area contributed by atoms with Crippen LogP contribution in [0.15, 0.2) is 24.3 Å². The number of benzene rings is 1. The number of nitrogens with zero attached hydrogens (tertiary/aromatic N) is 1. The number of hydrogen-bond acceptors (Lipinski definition) is 2. The van der Waals surface area contributed by atoms with Gasteiger partial charge in [0, 0.05) is 17.8 Å². The molecule has 1 aliphatic rings. The average Bonchev–Trinajstić information content (AvgIpc) is 2.99. The lowest BCUT2D eigenvalue weighted by Gasteiger charge is -2.30. The van der Waals surface area contributed by atoms with Crippen LogP contribution >= 0.6 is 0 Å². The number of rotatable bonds is 4. The summed E-state index contributed by atoms with van der Waals surface area (Å²) in [6.07, 6.45) is 2.42. The van der Waals surface area contributed by atoms with Crippen LogP contribution in [-0.2, 0) is 4.79 Å². The highest BCUT2D eigenvalue weighted by Crippen LogP contribution is 2.20. The van der Waals surface area contributed by atoms with Crippen molar-refractivity contribution in [2.75, 3.05) is 11.9 Å². The molecular formula is C18H27N3O2. The Bertz CT molecular complexity index is 566. The molecule has 1 aliphatic heterocycles. The Morgan fingerprint density at radius 2 is 1.91 bits per heavy atom. The highest BCUT2D eigenvalue weighted by Gasteiger charge is 2.35. The molecule has 5 heteroatoms. The molecule has 1 aromatic rings. The largest absolute Gasteiger partial charge is 0.349 e. The normalized spacial score (nSPS) is 17.9. The van der Waals surface area contributed by atoms with E-state index in [4.69, 9.17) is 0 Å². The van der Waals surface area contributed by atoms with E-state index < -0.39 is 0 Å². The van der Waals surface area contributed by atoms with Crippen LogP contribution in [0.5, 0.6) is 0 Å². The number of likely N-dealkylation sites (tertiary alicyclic amines) is 1. The lowest BCUT2D eigenvalue weighted by atomic mass is 10.0. The van der Waals surface area contributed by atoms with Crippen LogP contribution in [0.1, 0.15) is 45.6 Å². The second-order valence-corrected chi connectivity index (χ2v) is 6.87. The molecule has 0 radical (unpaired) electrons. The first kappa shape index (κ1) is 17.3. The minimum atomic E-state index is -0.383. The Morgan fingerprint density at radius 1 is 1.26 bits per heavy atom. The number of aryl methyl sites for hydroxylation is 1. The number of carbonyl (C=O) groups is 2. The number of hydrogen-bond donors (Lipinski definition) is 2. The van der Waals surface area contributed by atoms with Crippen molar-refractivity contribution in [2.24, 2.45) is 0 Å². The molecule has 126 valence electrons. The minimum Gasteiger partial charge on any atom is -0.349 e. The predicted molar refractivity (Wildman–Crippen MR) is 92.4 cm³/mol. The Morgan fingerprint density at radius 3 is 2.52 bits per heavy atom. The van der Waals surface area contributed by atoms with Gasteiger partial charge in [-0.1, -0.05) is 24.6 Å². The van der Waals surface area contributed by atoms with Crippen LogP contribution < -0.4 is 10.6 Å². The number of nitrogens with one attached hydrogen (secondary N) is 2. The van der Waals surface area contributed by atoms with E-state index in [1.165, 1.54) is 0 Å². The van der Waals surface area contributed by atoms with Gasteiger partial charge in [-0.2, -0.15) is 0 Å². The highest BCUT2D eigenvalue weighted by molar-refractivity contribution is 5.94. The van der Waals surface area contributed by atoms with Gasteiger partial charge < -0.3 is 15.5 Å². The quantitative estimate of drug-likeness (QED) is 0.895. The Hall–Kier alpha value is -2.04. The summed E-state index contributed by atoms with van der Waals surface area (Å²) in [5.74, 6) is -0.0617. The summed E-state index contributed by atoms with van der Waals surface area (Å²) in [5.41, 5.74) is 1.64. The third kappa shape index (κ3) is 4.47. The van der Waals surface area contributed by atoms with E-state index in [0.29, 0.717) is 13.0 Å². The summed E-state index contributed by atoms with van der Waals surface area (Å²) in [5, 5.41) is 5.92. The van der Waals surface area contributed by atoms with E-state index in [-0.39, 0.29) is 23.5 Å². The summed E-state index contributed by atoms with van der Waals surface area (Å²) >= 11 is 0. The molecule has 1 fully saturated rings. The third-order valence-corrected chi connectivity index (χ3v) is 4.46. The van der Waals surface area contributed by atoms with Gasteiger partial charge in [-0.15, -0.1) is 0 Å². The average molecular weight is 317 g/mol. The molecule has 1 heterocycles.